The SMILES string of the molecule is Cc1cc(C)cc(C2C=NNC2=O)c1. The van der Waals surface area contributed by atoms with E-state index in [1.165, 1.54) is 11.1 Å². The number of hydrazone groups is 1. The van der Waals surface area contributed by atoms with Crippen molar-refractivity contribution < 1.29 is 4.79 Å². The molecule has 3 nitrogen and oxygen atoms in total. The molecule has 1 aromatic rings. The van der Waals surface area contributed by atoms with E-state index in [0.717, 1.165) is 5.56 Å². The van der Waals surface area contributed by atoms with Crippen LogP contribution < -0.4 is 5.43 Å². The molecule has 0 saturated heterocycles. The Balaban J connectivity index is 2.41. The fourth-order valence-electron chi connectivity index (χ4n) is 1.74. The summed E-state index contributed by atoms with van der Waals surface area (Å²) in [5, 5.41) is 3.76. The van der Waals surface area contributed by atoms with Crippen LogP contribution in [0.15, 0.2) is 23.3 Å². The summed E-state index contributed by atoms with van der Waals surface area (Å²) in [5.74, 6) is -0.261. The van der Waals surface area contributed by atoms with E-state index in [0.29, 0.717) is 0 Å². The molecule has 1 heterocycles. The molecule has 0 saturated carbocycles. The van der Waals surface area contributed by atoms with Gasteiger partial charge >= 0.3 is 0 Å². The summed E-state index contributed by atoms with van der Waals surface area (Å²) in [6, 6.07) is 6.14. The number of benzene rings is 1. The van der Waals surface area contributed by atoms with E-state index in [1.54, 1.807) is 6.21 Å². The van der Waals surface area contributed by atoms with Gasteiger partial charge in [-0.25, -0.2) is 5.43 Å². The van der Waals surface area contributed by atoms with Crippen LogP contribution in [0, 0.1) is 13.8 Å². The molecule has 0 radical (unpaired) electrons. The molecule has 1 aliphatic rings. The first-order chi connectivity index (χ1) is 6.66. The van der Waals surface area contributed by atoms with Gasteiger partial charge in [0.2, 0.25) is 0 Å². The van der Waals surface area contributed by atoms with Gasteiger partial charge in [-0.05, 0) is 19.4 Å². The van der Waals surface area contributed by atoms with Crippen molar-refractivity contribution in [1.29, 1.82) is 0 Å². The Bertz CT molecular complexity index is 389. The van der Waals surface area contributed by atoms with Crippen LogP contribution in [-0.4, -0.2) is 12.1 Å². The Kier molecular flexibility index (Phi) is 2.08. The largest absolute Gasteiger partial charge is 0.272 e. The molecule has 0 aromatic heterocycles. The molecular weight excluding hydrogens is 176 g/mol. The number of amides is 1. The zero-order valence-electron chi connectivity index (χ0n) is 8.24. The van der Waals surface area contributed by atoms with Crippen molar-refractivity contribution in [3.8, 4) is 0 Å². The number of carbonyl (C=O) groups is 1. The molecule has 3 heteroatoms. The number of nitrogens with one attached hydrogen (secondary N) is 1. The first-order valence-electron chi connectivity index (χ1n) is 4.58. The Hall–Kier alpha value is -1.64. The van der Waals surface area contributed by atoms with Gasteiger partial charge in [-0.1, -0.05) is 29.3 Å². The van der Waals surface area contributed by atoms with E-state index < -0.39 is 0 Å². The molecule has 0 bridgehead atoms. The van der Waals surface area contributed by atoms with Crippen LogP contribution >= 0.6 is 0 Å². The summed E-state index contributed by atoms with van der Waals surface area (Å²) in [4.78, 5) is 11.4. The lowest BCUT2D eigenvalue weighted by Crippen LogP contribution is -2.18. The average Bonchev–Trinajstić information content (AvgIpc) is 2.49. The minimum atomic E-state index is -0.214. The first kappa shape index (κ1) is 8.94. The van der Waals surface area contributed by atoms with Crippen molar-refractivity contribution in [3.05, 3.63) is 34.9 Å². The van der Waals surface area contributed by atoms with Gasteiger partial charge in [0.1, 0.15) is 5.92 Å². The molecule has 0 fully saturated rings. The number of hydrogen-bond acceptors (Lipinski definition) is 2. The van der Waals surface area contributed by atoms with Gasteiger partial charge < -0.3 is 0 Å². The summed E-state index contributed by atoms with van der Waals surface area (Å²) in [7, 11) is 0. The van der Waals surface area contributed by atoms with Gasteiger partial charge in [-0.3, -0.25) is 4.79 Å². The quantitative estimate of drug-likeness (QED) is 0.713. The van der Waals surface area contributed by atoms with Crippen LogP contribution in [0.3, 0.4) is 0 Å². The third-order valence-electron chi connectivity index (χ3n) is 2.28. The summed E-state index contributed by atoms with van der Waals surface area (Å²) in [5.41, 5.74) is 5.80. The highest BCUT2D eigenvalue weighted by molar-refractivity contribution is 6.02. The Morgan fingerprint density at radius 1 is 1.21 bits per heavy atom. The van der Waals surface area contributed by atoms with Crippen LogP contribution in [0.2, 0.25) is 0 Å². The molecule has 0 aliphatic carbocycles. The van der Waals surface area contributed by atoms with Crippen molar-refractivity contribution in [3.63, 3.8) is 0 Å². The normalized spacial score (nSPS) is 19.9. The number of rotatable bonds is 1. The second-order valence-electron chi connectivity index (χ2n) is 3.65. The Morgan fingerprint density at radius 2 is 1.86 bits per heavy atom. The predicted molar refractivity (Wildman–Crippen MR) is 55.3 cm³/mol. The van der Waals surface area contributed by atoms with E-state index in [4.69, 9.17) is 0 Å². The average molecular weight is 188 g/mol. The Labute approximate surface area is 82.8 Å². The molecule has 1 aliphatic heterocycles. The molecule has 0 spiro atoms. The van der Waals surface area contributed by atoms with Gasteiger partial charge in [0.05, 0.1) is 0 Å². The fourth-order valence-corrected chi connectivity index (χ4v) is 1.74. The van der Waals surface area contributed by atoms with E-state index in [1.807, 2.05) is 26.0 Å². The maximum atomic E-state index is 11.4. The fraction of sp³-hybridized carbons (Fsp3) is 0.273. The van der Waals surface area contributed by atoms with E-state index in [2.05, 4.69) is 16.6 Å². The summed E-state index contributed by atoms with van der Waals surface area (Å²) in [6.45, 7) is 4.06. The molecule has 1 unspecified atom stereocenters. The Morgan fingerprint density at radius 3 is 2.36 bits per heavy atom. The lowest BCUT2D eigenvalue weighted by atomic mass is 9.96. The summed E-state index contributed by atoms with van der Waals surface area (Å²) < 4.78 is 0. The van der Waals surface area contributed by atoms with Crippen molar-refractivity contribution in [2.24, 2.45) is 5.10 Å². The summed E-state index contributed by atoms with van der Waals surface area (Å²) in [6.07, 6.45) is 1.65. The van der Waals surface area contributed by atoms with Crippen molar-refractivity contribution >= 4 is 12.1 Å². The topological polar surface area (TPSA) is 41.5 Å². The molecule has 2 rings (SSSR count). The number of hydrogen-bond donors (Lipinski definition) is 1. The van der Waals surface area contributed by atoms with Crippen LogP contribution in [0.1, 0.15) is 22.6 Å². The van der Waals surface area contributed by atoms with Crippen LogP contribution in [0.25, 0.3) is 0 Å². The van der Waals surface area contributed by atoms with Crippen LogP contribution in [0.4, 0.5) is 0 Å². The van der Waals surface area contributed by atoms with Gasteiger partial charge in [-0.2, -0.15) is 5.10 Å². The molecule has 1 atom stereocenters. The zero-order valence-corrected chi connectivity index (χ0v) is 8.24. The molecule has 1 amide bonds. The monoisotopic (exact) mass is 188 g/mol. The predicted octanol–water partition coefficient (Wildman–Crippen LogP) is 1.50. The van der Waals surface area contributed by atoms with Gasteiger partial charge in [-0.15, -0.1) is 0 Å². The van der Waals surface area contributed by atoms with Crippen LogP contribution in [-0.2, 0) is 4.79 Å². The highest BCUT2D eigenvalue weighted by Crippen LogP contribution is 2.19. The molecule has 72 valence electrons. The maximum absolute atomic E-state index is 11.4. The van der Waals surface area contributed by atoms with Crippen LogP contribution in [0.5, 0.6) is 0 Å². The zero-order chi connectivity index (χ0) is 10.1. The lowest BCUT2D eigenvalue weighted by Gasteiger charge is -2.07. The van der Waals surface area contributed by atoms with Crippen molar-refractivity contribution in [2.75, 3.05) is 0 Å². The van der Waals surface area contributed by atoms with Crippen molar-refractivity contribution in [2.45, 2.75) is 19.8 Å². The highest BCUT2D eigenvalue weighted by Gasteiger charge is 2.22. The smallest absolute Gasteiger partial charge is 0.253 e. The lowest BCUT2D eigenvalue weighted by molar-refractivity contribution is -0.120. The highest BCUT2D eigenvalue weighted by atomic mass is 16.2. The molecule has 1 aromatic carbocycles. The third kappa shape index (κ3) is 1.53. The third-order valence-corrected chi connectivity index (χ3v) is 2.28. The second kappa shape index (κ2) is 3.25. The molecular formula is C11H12N2O. The molecule has 1 N–H and O–H groups in total. The second-order valence-corrected chi connectivity index (χ2v) is 3.65. The minimum absolute atomic E-state index is 0.0463. The van der Waals surface area contributed by atoms with Crippen molar-refractivity contribution in [1.82, 2.24) is 5.43 Å². The minimum Gasteiger partial charge on any atom is -0.272 e. The van der Waals surface area contributed by atoms with Gasteiger partial charge in [0, 0.05) is 6.21 Å². The van der Waals surface area contributed by atoms with E-state index in [-0.39, 0.29) is 11.8 Å². The number of carbonyl (C=O) groups excluding carboxylic acids is 1. The number of nitrogens with zero attached hydrogens (tertiary/aromatic N) is 1. The number of aryl methyl sites for hydroxylation is 2. The van der Waals surface area contributed by atoms with Gasteiger partial charge in [0.25, 0.3) is 5.91 Å². The van der Waals surface area contributed by atoms with Gasteiger partial charge in [0.15, 0.2) is 0 Å². The summed E-state index contributed by atoms with van der Waals surface area (Å²) >= 11 is 0. The molecule has 14 heavy (non-hydrogen) atoms. The first-order valence-corrected chi connectivity index (χ1v) is 4.58. The standard InChI is InChI=1S/C11H12N2O/c1-7-3-8(2)5-9(4-7)10-6-12-13-11(10)14/h3-6,10H,1-2H3,(H,13,14). The van der Waals surface area contributed by atoms with E-state index >= 15 is 0 Å². The van der Waals surface area contributed by atoms with E-state index in [9.17, 15) is 4.79 Å². The maximum Gasteiger partial charge on any atom is 0.253 e.